The molecule has 0 radical (unpaired) electrons. The van der Waals surface area contributed by atoms with Crippen molar-refractivity contribution in [2.45, 2.75) is 13.3 Å². The molecular formula is C34H29N7. The Labute approximate surface area is 238 Å². The van der Waals surface area contributed by atoms with Crippen LogP contribution >= 0.6 is 0 Å². The highest BCUT2D eigenvalue weighted by molar-refractivity contribution is 5.95. The molecule has 0 saturated heterocycles. The number of pyridine rings is 2. The number of aromatic amines is 2. The van der Waals surface area contributed by atoms with Gasteiger partial charge in [-0.2, -0.15) is 5.10 Å². The van der Waals surface area contributed by atoms with Crippen molar-refractivity contribution in [2.24, 2.45) is 0 Å². The van der Waals surface area contributed by atoms with Crippen LogP contribution in [-0.2, 0) is 6.42 Å². The van der Waals surface area contributed by atoms with Crippen molar-refractivity contribution in [3.63, 3.8) is 0 Å². The van der Waals surface area contributed by atoms with Gasteiger partial charge in [-0.05, 0) is 53.9 Å². The number of nitrogens with one attached hydrogen (secondary N) is 3. The van der Waals surface area contributed by atoms with E-state index in [1.807, 2.05) is 61.8 Å². The Bertz CT molecular complexity index is 1880. The molecule has 6 rings (SSSR count). The number of aromatic nitrogens is 6. The number of fused-ring (bicyclic) bond motifs is 1. The van der Waals surface area contributed by atoms with Gasteiger partial charge < -0.3 is 10.3 Å². The molecule has 0 aliphatic heterocycles. The van der Waals surface area contributed by atoms with Gasteiger partial charge in [-0.3, -0.25) is 15.1 Å². The monoisotopic (exact) mass is 535 g/mol. The molecule has 41 heavy (non-hydrogen) atoms. The van der Waals surface area contributed by atoms with E-state index >= 15 is 0 Å². The minimum Gasteiger partial charge on any atom is -0.358 e. The van der Waals surface area contributed by atoms with Crippen LogP contribution in [0.1, 0.15) is 22.5 Å². The number of allylic oxidation sites excluding steroid dienone is 3. The van der Waals surface area contributed by atoms with Gasteiger partial charge in [-0.1, -0.05) is 61.7 Å². The summed E-state index contributed by atoms with van der Waals surface area (Å²) in [7, 11) is 0. The lowest BCUT2D eigenvalue weighted by atomic mass is 10.0. The summed E-state index contributed by atoms with van der Waals surface area (Å²) in [6.45, 7) is 10.1. The number of anilines is 1. The molecule has 0 bridgehead atoms. The summed E-state index contributed by atoms with van der Waals surface area (Å²) >= 11 is 0. The van der Waals surface area contributed by atoms with Crippen molar-refractivity contribution >= 4 is 22.2 Å². The van der Waals surface area contributed by atoms with Gasteiger partial charge in [0.2, 0.25) is 0 Å². The third kappa shape index (κ3) is 5.46. The number of hydrogen-bond donors (Lipinski definition) is 3. The molecule has 0 spiro atoms. The third-order valence-electron chi connectivity index (χ3n) is 6.86. The molecule has 0 unspecified atom stereocenters. The van der Waals surface area contributed by atoms with Crippen LogP contribution in [0.15, 0.2) is 123 Å². The van der Waals surface area contributed by atoms with Gasteiger partial charge in [0.1, 0.15) is 5.69 Å². The Kier molecular flexibility index (Phi) is 7.07. The largest absolute Gasteiger partial charge is 0.358 e. The number of hydrogen-bond acceptors (Lipinski definition) is 5. The molecule has 7 nitrogen and oxygen atoms in total. The summed E-state index contributed by atoms with van der Waals surface area (Å²) in [6.07, 6.45) is 11.7. The molecule has 0 atom stereocenters. The van der Waals surface area contributed by atoms with E-state index in [4.69, 9.17) is 4.98 Å². The zero-order valence-corrected chi connectivity index (χ0v) is 22.7. The number of nitrogens with zero attached hydrogens (tertiary/aromatic N) is 4. The fourth-order valence-electron chi connectivity index (χ4n) is 4.93. The standard InChI is InChI=1S/C34H29N7/c1-4-8-29(25-13-15-35-16-14-25)32-23(3)38-34(39-32)33-30-19-26(11-12-31(30)40-41-33)27-18-28(21-36-20-27)37-22(2)17-24-9-6-5-7-10-24/h4-16,18-21,37H,1-2,17H2,3H3,(H,38,39)(H,40,41)/b29-8-. The van der Waals surface area contributed by atoms with Gasteiger partial charge in [0, 0.05) is 52.9 Å². The molecule has 6 aromatic rings. The molecule has 0 aliphatic carbocycles. The van der Waals surface area contributed by atoms with Crippen molar-refractivity contribution in [1.82, 2.24) is 30.1 Å². The maximum atomic E-state index is 4.97. The second-order valence-corrected chi connectivity index (χ2v) is 9.80. The van der Waals surface area contributed by atoms with E-state index in [1.54, 1.807) is 18.5 Å². The highest BCUT2D eigenvalue weighted by atomic mass is 15.1. The third-order valence-corrected chi connectivity index (χ3v) is 6.86. The fourth-order valence-corrected chi connectivity index (χ4v) is 4.93. The van der Waals surface area contributed by atoms with Crippen molar-refractivity contribution < 1.29 is 0 Å². The number of benzene rings is 2. The Morgan fingerprint density at radius 3 is 2.59 bits per heavy atom. The maximum absolute atomic E-state index is 4.97. The van der Waals surface area contributed by atoms with Crippen molar-refractivity contribution in [2.75, 3.05) is 5.32 Å². The Hall–Kier alpha value is -5.56. The number of rotatable bonds is 9. The first kappa shape index (κ1) is 25.7. The van der Waals surface area contributed by atoms with Crippen LogP contribution in [0.4, 0.5) is 5.69 Å². The van der Waals surface area contributed by atoms with Crippen LogP contribution in [0.25, 0.3) is 39.1 Å². The smallest absolute Gasteiger partial charge is 0.159 e. The Balaban J connectivity index is 1.30. The summed E-state index contributed by atoms with van der Waals surface area (Å²) < 4.78 is 0. The normalized spacial score (nSPS) is 11.5. The molecule has 2 aromatic carbocycles. The lowest BCUT2D eigenvalue weighted by Crippen LogP contribution is -2.02. The van der Waals surface area contributed by atoms with Gasteiger partial charge in [0.15, 0.2) is 5.82 Å². The molecule has 0 fully saturated rings. The van der Waals surface area contributed by atoms with E-state index in [1.165, 1.54) is 5.56 Å². The quantitative estimate of drug-likeness (QED) is 0.167. The van der Waals surface area contributed by atoms with Crippen molar-refractivity contribution in [3.05, 3.63) is 145 Å². The zero-order valence-electron chi connectivity index (χ0n) is 22.7. The van der Waals surface area contributed by atoms with Crippen LogP contribution in [-0.4, -0.2) is 30.1 Å². The SMILES string of the molecule is C=C/C=C(/c1ccncc1)c1nc(-c2n[nH]c3ccc(-c4cncc(NC(=C)Cc5ccccc5)c4)cc23)[nH]c1C. The first-order valence-electron chi connectivity index (χ1n) is 13.3. The second-order valence-electron chi connectivity index (χ2n) is 9.80. The van der Waals surface area contributed by atoms with Gasteiger partial charge in [-0.25, -0.2) is 4.98 Å². The summed E-state index contributed by atoms with van der Waals surface area (Å²) in [5.74, 6) is 0.690. The maximum Gasteiger partial charge on any atom is 0.159 e. The lowest BCUT2D eigenvalue weighted by molar-refractivity contribution is 1.10. The summed E-state index contributed by atoms with van der Waals surface area (Å²) in [5, 5.41) is 12.1. The molecule has 3 N–H and O–H groups in total. The van der Waals surface area contributed by atoms with Crippen LogP contribution < -0.4 is 5.32 Å². The molecule has 0 amide bonds. The molecule has 7 heteroatoms. The van der Waals surface area contributed by atoms with Crippen LogP contribution in [0, 0.1) is 6.92 Å². The van der Waals surface area contributed by atoms with Crippen molar-refractivity contribution in [1.29, 1.82) is 0 Å². The van der Waals surface area contributed by atoms with Crippen LogP contribution in [0.3, 0.4) is 0 Å². The predicted octanol–water partition coefficient (Wildman–Crippen LogP) is 7.50. The Morgan fingerprint density at radius 1 is 0.951 bits per heavy atom. The van der Waals surface area contributed by atoms with Gasteiger partial charge >= 0.3 is 0 Å². The molecule has 0 saturated carbocycles. The van der Waals surface area contributed by atoms with Crippen LogP contribution in [0.5, 0.6) is 0 Å². The van der Waals surface area contributed by atoms with Gasteiger partial charge in [0.05, 0.1) is 23.1 Å². The minimum atomic E-state index is 0.690. The summed E-state index contributed by atoms with van der Waals surface area (Å²) in [4.78, 5) is 17.0. The highest BCUT2D eigenvalue weighted by Crippen LogP contribution is 2.32. The first-order chi connectivity index (χ1) is 20.1. The number of aryl methyl sites for hydroxylation is 1. The zero-order chi connectivity index (χ0) is 28.2. The molecule has 4 heterocycles. The lowest BCUT2D eigenvalue weighted by Gasteiger charge is -2.11. The molecule has 0 aliphatic rings. The van der Waals surface area contributed by atoms with Crippen molar-refractivity contribution in [3.8, 4) is 22.6 Å². The second kappa shape index (κ2) is 11.3. The van der Waals surface area contributed by atoms with Crippen LogP contribution in [0.2, 0.25) is 0 Å². The number of H-pyrrole nitrogens is 2. The van der Waals surface area contributed by atoms with E-state index in [2.05, 4.69) is 74.0 Å². The minimum absolute atomic E-state index is 0.690. The molecule has 200 valence electrons. The van der Waals surface area contributed by atoms with E-state index in [0.29, 0.717) is 5.82 Å². The molecular weight excluding hydrogens is 506 g/mol. The van der Waals surface area contributed by atoms with E-state index in [9.17, 15) is 0 Å². The fraction of sp³-hybridized carbons (Fsp3) is 0.0588. The summed E-state index contributed by atoms with van der Waals surface area (Å²) in [6, 6.07) is 22.5. The van der Waals surface area contributed by atoms with E-state index in [-0.39, 0.29) is 0 Å². The predicted molar refractivity (Wildman–Crippen MR) is 166 cm³/mol. The highest BCUT2D eigenvalue weighted by Gasteiger charge is 2.18. The average Bonchev–Trinajstić information content (AvgIpc) is 3.59. The van der Waals surface area contributed by atoms with E-state index in [0.717, 1.165) is 68.1 Å². The average molecular weight is 536 g/mol. The topological polar surface area (TPSA) is 95.2 Å². The van der Waals surface area contributed by atoms with Gasteiger partial charge in [-0.15, -0.1) is 0 Å². The number of imidazole rings is 1. The summed E-state index contributed by atoms with van der Waals surface area (Å²) in [5.41, 5.74) is 10.5. The molecule has 4 aromatic heterocycles. The first-order valence-corrected chi connectivity index (χ1v) is 13.3. The van der Waals surface area contributed by atoms with Gasteiger partial charge in [0.25, 0.3) is 0 Å². The van der Waals surface area contributed by atoms with E-state index < -0.39 is 0 Å². The Morgan fingerprint density at radius 2 is 1.78 bits per heavy atom.